The summed E-state index contributed by atoms with van der Waals surface area (Å²) < 4.78 is 4.89. The first-order valence-electron chi connectivity index (χ1n) is 7.79. The molecule has 1 aromatic rings. The van der Waals surface area contributed by atoms with E-state index in [0.717, 1.165) is 10.6 Å². The summed E-state index contributed by atoms with van der Waals surface area (Å²) in [6, 6.07) is 7.52. The Hall–Kier alpha value is -2.06. The third-order valence-corrected chi connectivity index (χ3v) is 4.93. The number of nitrogens with zero attached hydrogens (tertiary/aromatic N) is 1. The molecule has 0 bridgehead atoms. The van der Waals surface area contributed by atoms with Gasteiger partial charge in [0.15, 0.2) is 5.54 Å². The van der Waals surface area contributed by atoms with Crippen LogP contribution in [0.5, 0.6) is 0 Å². The molecule has 0 aliphatic carbocycles. The Morgan fingerprint density at radius 2 is 2.04 bits per heavy atom. The van der Waals surface area contributed by atoms with Crippen LogP contribution in [0.2, 0.25) is 0 Å². The molecule has 2 rings (SSSR count). The van der Waals surface area contributed by atoms with Crippen LogP contribution in [0.4, 0.5) is 5.69 Å². The second-order valence-corrected chi connectivity index (χ2v) is 7.04. The lowest BCUT2D eigenvalue weighted by Gasteiger charge is -2.26. The molecule has 0 saturated carbocycles. The van der Waals surface area contributed by atoms with Crippen molar-refractivity contribution in [2.75, 3.05) is 31.4 Å². The highest BCUT2D eigenvalue weighted by molar-refractivity contribution is 7.98. The minimum Gasteiger partial charge on any atom is -0.479 e. The smallest absolute Gasteiger partial charge is 0.331 e. The van der Waals surface area contributed by atoms with Crippen LogP contribution < -0.4 is 10.2 Å². The van der Waals surface area contributed by atoms with Gasteiger partial charge in [0.05, 0.1) is 12.5 Å². The summed E-state index contributed by atoms with van der Waals surface area (Å²) in [6.07, 6.45) is 2.02. The molecule has 2 amide bonds. The summed E-state index contributed by atoms with van der Waals surface area (Å²) in [6.45, 7) is 1.45. The van der Waals surface area contributed by atoms with Crippen LogP contribution in [0.15, 0.2) is 29.2 Å². The van der Waals surface area contributed by atoms with E-state index < -0.39 is 23.3 Å². The summed E-state index contributed by atoms with van der Waals surface area (Å²) in [5.41, 5.74) is -0.793. The van der Waals surface area contributed by atoms with Gasteiger partial charge in [0.1, 0.15) is 0 Å². The number of anilines is 1. The molecule has 8 heteroatoms. The van der Waals surface area contributed by atoms with Crippen LogP contribution >= 0.6 is 11.8 Å². The van der Waals surface area contributed by atoms with Crippen molar-refractivity contribution in [2.45, 2.75) is 23.8 Å². The zero-order valence-corrected chi connectivity index (χ0v) is 15.3. The average Bonchev–Trinajstić information content (AvgIpc) is 2.97. The van der Waals surface area contributed by atoms with E-state index in [4.69, 9.17) is 4.74 Å². The standard InChI is InChI=1S/C17H22N2O5S/c1-17(10-24-2,16(22)23)18-15(21)11-8-14(20)19(9-11)12-4-6-13(25-3)7-5-12/h4-7,11H,8-10H2,1-3H3,(H,18,21)(H,22,23). The lowest BCUT2D eigenvalue weighted by atomic mass is 10.0. The number of ether oxygens (including phenoxy) is 1. The van der Waals surface area contributed by atoms with Gasteiger partial charge in [-0.25, -0.2) is 4.79 Å². The van der Waals surface area contributed by atoms with Gasteiger partial charge in [0.25, 0.3) is 0 Å². The molecule has 1 aliphatic heterocycles. The lowest BCUT2D eigenvalue weighted by molar-refractivity contribution is -0.149. The van der Waals surface area contributed by atoms with Crippen molar-refractivity contribution in [3.8, 4) is 0 Å². The van der Waals surface area contributed by atoms with E-state index in [1.54, 1.807) is 16.7 Å². The highest BCUT2D eigenvalue weighted by Gasteiger charge is 2.41. The highest BCUT2D eigenvalue weighted by Crippen LogP contribution is 2.27. The number of carboxylic acid groups (broad SMARTS) is 1. The van der Waals surface area contributed by atoms with Crippen LogP contribution in [-0.4, -0.2) is 54.9 Å². The fraction of sp³-hybridized carbons (Fsp3) is 0.471. The van der Waals surface area contributed by atoms with Gasteiger partial charge in [-0.1, -0.05) is 0 Å². The average molecular weight is 366 g/mol. The van der Waals surface area contributed by atoms with E-state index in [1.165, 1.54) is 14.0 Å². The number of hydrogen-bond acceptors (Lipinski definition) is 5. The second-order valence-electron chi connectivity index (χ2n) is 6.16. The SMILES string of the molecule is COCC(C)(NC(=O)C1CC(=O)N(c2ccc(SC)cc2)C1)C(=O)O. The molecular weight excluding hydrogens is 344 g/mol. The van der Waals surface area contributed by atoms with Gasteiger partial charge in [-0.15, -0.1) is 11.8 Å². The van der Waals surface area contributed by atoms with Crippen molar-refractivity contribution < 1.29 is 24.2 Å². The zero-order valence-electron chi connectivity index (χ0n) is 14.4. The summed E-state index contributed by atoms with van der Waals surface area (Å²) in [5.74, 6) is -2.39. The molecule has 7 nitrogen and oxygen atoms in total. The molecular formula is C17H22N2O5S. The molecule has 1 aliphatic rings. The van der Waals surface area contributed by atoms with Crippen molar-refractivity contribution in [1.82, 2.24) is 5.32 Å². The molecule has 0 aromatic heterocycles. The van der Waals surface area contributed by atoms with E-state index in [-0.39, 0.29) is 25.5 Å². The molecule has 2 unspecified atom stereocenters. The first-order chi connectivity index (χ1) is 11.8. The number of nitrogens with one attached hydrogen (secondary N) is 1. The Kier molecular flexibility index (Phi) is 6.07. The number of rotatable bonds is 7. The summed E-state index contributed by atoms with van der Waals surface area (Å²) in [7, 11) is 1.37. The van der Waals surface area contributed by atoms with Crippen LogP contribution in [0.25, 0.3) is 0 Å². The van der Waals surface area contributed by atoms with E-state index in [9.17, 15) is 19.5 Å². The van der Waals surface area contributed by atoms with E-state index in [0.29, 0.717) is 0 Å². The lowest BCUT2D eigenvalue weighted by Crippen LogP contribution is -2.56. The van der Waals surface area contributed by atoms with Gasteiger partial charge in [0, 0.05) is 30.7 Å². The number of hydrogen-bond donors (Lipinski definition) is 2. The number of carboxylic acids is 1. The maximum absolute atomic E-state index is 12.5. The number of methoxy groups -OCH3 is 1. The third-order valence-electron chi connectivity index (χ3n) is 4.18. The summed E-state index contributed by atoms with van der Waals surface area (Å²) in [5, 5.41) is 11.8. The largest absolute Gasteiger partial charge is 0.479 e. The molecule has 2 N–H and O–H groups in total. The van der Waals surface area contributed by atoms with Gasteiger partial charge in [-0.2, -0.15) is 0 Å². The minimum atomic E-state index is -1.53. The molecule has 25 heavy (non-hydrogen) atoms. The molecule has 0 radical (unpaired) electrons. The van der Waals surface area contributed by atoms with Crippen molar-refractivity contribution >= 4 is 35.2 Å². The predicted molar refractivity (Wildman–Crippen MR) is 94.7 cm³/mol. The van der Waals surface area contributed by atoms with Crippen molar-refractivity contribution in [3.63, 3.8) is 0 Å². The van der Waals surface area contributed by atoms with Gasteiger partial charge in [-0.05, 0) is 37.4 Å². The Bertz CT molecular complexity index is 664. The topological polar surface area (TPSA) is 95.9 Å². The second kappa shape index (κ2) is 7.88. The monoisotopic (exact) mass is 366 g/mol. The first-order valence-corrected chi connectivity index (χ1v) is 9.02. The maximum Gasteiger partial charge on any atom is 0.331 e. The van der Waals surface area contributed by atoms with Gasteiger partial charge >= 0.3 is 5.97 Å². The van der Waals surface area contributed by atoms with Crippen LogP contribution in [0.1, 0.15) is 13.3 Å². The van der Waals surface area contributed by atoms with Crippen molar-refractivity contribution in [2.24, 2.45) is 5.92 Å². The molecule has 1 saturated heterocycles. The number of amides is 2. The van der Waals surface area contributed by atoms with Crippen LogP contribution in [0, 0.1) is 5.92 Å². The summed E-state index contributed by atoms with van der Waals surface area (Å²) in [4.78, 5) is 38.8. The fourth-order valence-electron chi connectivity index (χ4n) is 2.71. The third kappa shape index (κ3) is 4.32. The normalized spacial score (nSPS) is 19.6. The van der Waals surface area contributed by atoms with Crippen molar-refractivity contribution in [3.05, 3.63) is 24.3 Å². The number of thioether (sulfide) groups is 1. The first kappa shape index (κ1) is 19.3. The number of carbonyl (C=O) groups is 3. The Labute approximate surface area is 150 Å². The molecule has 1 heterocycles. The number of carbonyl (C=O) groups excluding carboxylic acids is 2. The summed E-state index contributed by atoms with van der Waals surface area (Å²) >= 11 is 1.60. The fourth-order valence-corrected chi connectivity index (χ4v) is 3.12. The molecule has 2 atom stereocenters. The molecule has 136 valence electrons. The Morgan fingerprint density at radius 1 is 1.40 bits per heavy atom. The quantitative estimate of drug-likeness (QED) is 0.708. The number of benzene rings is 1. The van der Waals surface area contributed by atoms with E-state index in [1.807, 2.05) is 30.5 Å². The van der Waals surface area contributed by atoms with Gasteiger partial charge in [0.2, 0.25) is 11.8 Å². The number of aliphatic carboxylic acids is 1. The van der Waals surface area contributed by atoms with E-state index >= 15 is 0 Å². The van der Waals surface area contributed by atoms with E-state index in [2.05, 4.69) is 5.32 Å². The minimum absolute atomic E-state index is 0.0544. The van der Waals surface area contributed by atoms with Gasteiger partial charge < -0.3 is 20.1 Å². The van der Waals surface area contributed by atoms with Gasteiger partial charge in [-0.3, -0.25) is 9.59 Å². The Morgan fingerprint density at radius 3 is 2.56 bits per heavy atom. The maximum atomic E-state index is 12.5. The molecule has 1 fully saturated rings. The van der Waals surface area contributed by atoms with Crippen molar-refractivity contribution in [1.29, 1.82) is 0 Å². The van der Waals surface area contributed by atoms with Crippen LogP contribution in [0.3, 0.4) is 0 Å². The predicted octanol–water partition coefficient (Wildman–Crippen LogP) is 1.37. The molecule has 0 spiro atoms. The highest BCUT2D eigenvalue weighted by atomic mass is 32.2. The zero-order chi connectivity index (χ0) is 18.6. The Balaban J connectivity index is 2.08. The molecule has 1 aromatic carbocycles. The van der Waals surface area contributed by atoms with Crippen LogP contribution in [-0.2, 0) is 19.1 Å².